The van der Waals surface area contributed by atoms with Gasteiger partial charge in [0.25, 0.3) is 10.0 Å². The first-order chi connectivity index (χ1) is 18.8. The molecule has 0 bridgehead atoms. The summed E-state index contributed by atoms with van der Waals surface area (Å²) in [6, 6.07) is 14.5. The summed E-state index contributed by atoms with van der Waals surface area (Å²) in [5, 5.41) is 3.77. The highest BCUT2D eigenvalue weighted by atomic mass is 35.5. The van der Waals surface area contributed by atoms with Crippen LogP contribution in [0.2, 0.25) is 20.1 Å². The minimum atomic E-state index is -4.23. The van der Waals surface area contributed by atoms with Gasteiger partial charge in [-0.2, -0.15) is 0 Å². The first-order valence-corrected chi connectivity index (χ1v) is 15.4. The third-order valence-corrected chi connectivity index (χ3v) is 9.40. The Kier molecular flexibility index (Phi) is 11.1. The van der Waals surface area contributed by atoms with E-state index in [-0.39, 0.29) is 38.1 Å². The van der Waals surface area contributed by atoms with E-state index in [0.717, 1.165) is 9.87 Å². The molecule has 0 aliphatic heterocycles. The molecule has 3 aromatic rings. The molecule has 0 aliphatic carbocycles. The Morgan fingerprint density at radius 1 is 0.875 bits per heavy atom. The number of hydrogen-bond acceptors (Lipinski definition) is 4. The first kappa shape index (κ1) is 32.0. The highest BCUT2D eigenvalue weighted by molar-refractivity contribution is 7.92. The third kappa shape index (κ3) is 7.83. The molecule has 1 atom stereocenters. The molecule has 1 N–H and O–H groups in total. The van der Waals surface area contributed by atoms with Crippen molar-refractivity contribution in [1.82, 2.24) is 10.2 Å². The molecule has 0 saturated heterocycles. The second-order valence-electron chi connectivity index (χ2n) is 9.16. The largest absolute Gasteiger partial charge is 0.354 e. The molecule has 12 heteroatoms. The second kappa shape index (κ2) is 13.9. The minimum absolute atomic E-state index is 0.0123. The van der Waals surface area contributed by atoms with Crippen molar-refractivity contribution in [1.29, 1.82) is 0 Å². The summed E-state index contributed by atoms with van der Waals surface area (Å²) >= 11 is 24.6. The van der Waals surface area contributed by atoms with Crippen LogP contribution in [-0.2, 0) is 26.2 Å². The van der Waals surface area contributed by atoms with Gasteiger partial charge in [-0.15, -0.1) is 0 Å². The molecular weight excluding hydrogens is 616 g/mol. The van der Waals surface area contributed by atoms with Crippen LogP contribution in [0.3, 0.4) is 0 Å². The number of carbonyl (C=O) groups excluding carboxylic acids is 2. The van der Waals surface area contributed by atoms with E-state index in [2.05, 4.69) is 5.32 Å². The Balaban J connectivity index is 2.05. The van der Waals surface area contributed by atoms with Crippen LogP contribution in [-0.4, -0.2) is 44.3 Å². The summed E-state index contributed by atoms with van der Waals surface area (Å²) in [7, 11) is -4.23. The zero-order chi connectivity index (χ0) is 29.6. The molecule has 214 valence electrons. The third-order valence-electron chi connectivity index (χ3n) is 6.13. The number of amides is 2. The molecule has 3 rings (SSSR count). The van der Waals surface area contributed by atoms with Crippen molar-refractivity contribution in [2.24, 2.45) is 0 Å². The number of rotatable bonds is 11. The van der Waals surface area contributed by atoms with Gasteiger partial charge in [-0.05, 0) is 68.3 Å². The minimum Gasteiger partial charge on any atom is -0.354 e. The number of carbonyl (C=O) groups is 2. The van der Waals surface area contributed by atoms with E-state index < -0.39 is 28.5 Å². The van der Waals surface area contributed by atoms with Gasteiger partial charge in [-0.25, -0.2) is 8.42 Å². The lowest BCUT2D eigenvalue weighted by Gasteiger charge is -2.32. The van der Waals surface area contributed by atoms with E-state index >= 15 is 0 Å². The predicted octanol–water partition coefficient (Wildman–Crippen LogP) is 6.75. The maximum atomic E-state index is 13.9. The van der Waals surface area contributed by atoms with Crippen LogP contribution in [0.25, 0.3) is 0 Å². The number of nitrogens with zero attached hydrogens (tertiary/aromatic N) is 2. The fraction of sp³-hybridized carbons (Fsp3) is 0.286. The Morgan fingerprint density at radius 3 is 2.05 bits per heavy atom. The van der Waals surface area contributed by atoms with Gasteiger partial charge in [0.15, 0.2) is 0 Å². The van der Waals surface area contributed by atoms with Crippen LogP contribution >= 0.6 is 46.4 Å². The Morgan fingerprint density at radius 2 is 1.48 bits per heavy atom. The lowest BCUT2D eigenvalue weighted by atomic mass is 10.1. The second-order valence-corrected chi connectivity index (χ2v) is 12.7. The number of benzene rings is 3. The maximum absolute atomic E-state index is 13.9. The van der Waals surface area contributed by atoms with Crippen molar-refractivity contribution in [3.05, 3.63) is 91.9 Å². The van der Waals surface area contributed by atoms with Gasteiger partial charge in [0.2, 0.25) is 11.8 Å². The van der Waals surface area contributed by atoms with Gasteiger partial charge < -0.3 is 10.2 Å². The van der Waals surface area contributed by atoms with Gasteiger partial charge >= 0.3 is 0 Å². The summed E-state index contributed by atoms with van der Waals surface area (Å²) in [5.41, 5.74) is 1.62. The van der Waals surface area contributed by atoms with Crippen molar-refractivity contribution < 1.29 is 18.0 Å². The average Bonchev–Trinajstić information content (AvgIpc) is 2.92. The van der Waals surface area contributed by atoms with Crippen molar-refractivity contribution in [2.45, 2.75) is 44.7 Å². The van der Waals surface area contributed by atoms with E-state index in [0.29, 0.717) is 23.6 Å². The van der Waals surface area contributed by atoms with Crippen LogP contribution in [0, 0.1) is 6.92 Å². The van der Waals surface area contributed by atoms with Crippen LogP contribution in [0.4, 0.5) is 5.69 Å². The van der Waals surface area contributed by atoms with E-state index in [1.165, 1.54) is 35.2 Å². The first-order valence-electron chi connectivity index (χ1n) is 12.4. The summed E-state index contributed by atoms with van der Waals surface area (Å²) in [6.45, 7) is 5.13. The number of halogens is 4. The molecule has 40 heavy (non-hydrogen) atoms. The van der Waals surface area contributed by atoms with Crippen molar-refractivity contribution in [3.8, 4) is 0 Å². The number of hydrogen-bond donors (Lipinski definition) is 1. The van der Waals surface area contributed by atoms with E-state index in [1.54, 1.807) is 37.3 Å². The van der Waals surface area contributed by atoms with Crippen molar-refractivity contribution in [3.63, 3.8) is 0 Å². The lowest BCUT2D eigenvalue weighted by Crippen LogP contribution is -2.51. The Labute approximate surface area is 255 Å². The van der Waals surface area contributed by atoms with Gasteiger partial charge in [0, 0.05) is 13.1 Å². The van der Waals surface area contributed by atoms with Crippen molar-refractivity contribution in [2.75, 3.05) is 17.4 Å². The number of aryl methyl sites for hydroxylation is 1. The topological polar surface area (TPSA) is 86.8 Å². The van der Waals surface area contributed by atoms with Gasteiger partial charge in [-0.3, -0.25) is 13.9 Å². The maximum Gasteiger partial charge on any atom is 0.264 e. The fourth-order valence-electron chi connectivity index (χ4n) is 3.82. The zero-order valence-electron chi connectivity index (χ0n) is 22.1. The number of anilines is 1. The Bertz CT molecular complexity index is 1480. The molecule has 0 radical (unpaired) electrons. The highest BCUT2D eigenvalue weighted by Crippen LogP contribution is 2.31. The van der Waals surface area contributed by atoms with Crippen LogP contribution in [0.5, 0.6) is 0 Å². The summed E-state index contributed by atoms with van der Waals surface area (Å²) < 4.78 is 28.7. The average molecular weight is 645 g/mol. The van der Waals surface area contributed by atoms with E-state index in [9.17, 15) is 18.0 Å². The summed E-state index contributed by atoms with van der Waals surface area (Å²) in [5.74, 6) is -0.996. The molecule has 0 fully saturated rings. The van der Waals surface area contributed by atoms with Crippen molar-refractivity contribution >= 4 is 73.9 Å². The summed E-state index contributed by atoms with van der Waals surface area (Å²) in [6.07, 6.45) is 0.707. The van der Waals surface area contributed by atoms with Gasteiger partial charge in [-0.1, -0.05) is 77.1 Å². The molecule has 0 spiro atoms. The predicted molar refractivity (Wildman–Crippen MR) is 162 cm³/mol. The number of nitrogens with one attached hydrogen (secondary N) is 1. The molecule has 0 unspecified atom stereocenters. The summed E-state index contributed by atoms with van der Waals surface area (Å²) in [4.78, 5) is 28.1. The molecule has 0 heterocycles. The molecule has 7 nitrogen and oxygen atoms in total. The fourth-order valence-corrected chi connectivity index (χ4v) is 5.84. The smallest absolute Gasteiger partial charge is 0.264 e. The normalized spacial score (nSPS) is 12.1. The van der Waals surface area contributed by atoms with Gasteiger partial charge in [0.05, 0.1) is 30.7 Å². The molecule has 0 saturated carbocycles. The van der Waals surface area contributed by atoms with Crippen LogP contribution in [0.1, 0.15) is 31.4 Å². The highest BCUT2D eigenvalue weighted by Gasteiger charge is 2.32. The molecule has 0 aliphatic rings. The number of sulfonamides is 1. The molecule has 3 aromatic carbocycles. The molecule has 0 aromatic heterocycles. The SMILES string of the molecule is CCCNC(=O)[C@H](C)N(Cc1ccc(Cl)c(Cl)c1)C(=O)CN(c1ccc(Cl)c(Cl)c1)S(=O)(=O)c1ccc(C)cc1. The Hall–Kier alpha value is -2.49. The van der Waals surface area contributed by atoms with Crippen LogP contribution in [0.15, 0.2) is 65.6 Å². The van der Waals surface area contributed by atoms with Crippen LogP contribution < -0.4 is 9.62 Å². The quantitative estimate of drug-likeness (QED) is 0.250. The monoisotopic (exact) mass is 643 g/mol. The lowest BCUT2D eigenvalue weighted by molar-refractivity contribution is -0.139. The van der Waals surface area contributed by atoms with Gasteiger partial charge in [0.1, 0.15) is 12.6 Å². The molecular formula is C28H29Cl4N3O4S. The molecule has 2 amide bonds. The van der Waals surface area contributed by atoms with E-state index in [4.69, 9.17) is 46.4 Å². The standard InChI is InChI=1S/C28H29Cl4N3O4S/c1-4-13-33-28(37)19(3)34(16-20-7-11-23(29)25(31)14-20)27(36)17-35(21-8-12-24(30)26(32)15-21)40(38,39)22-9-5-18(2)6-10-22/h5-12,14-15,19H,4,13,16-17H2,1-3H3,(H,33,37)/t19-/m0/s1. The zero-order valence-corrected chi connectivity index (χ0v) is 26.0. The van der Waals surface area contributed by atoms with E-state index in [1.807, 2.05) is 13.8 Å².